The molecule has 0 spiro atoms. The predicted molar refractivity (Wildman–Crippen MR) is 55.6 cm³/mol. The molecule has 0 saturated heterocycles. The molecule has 0 aromatic carbocycles. The fraction of sp³-hybridized carbons (Fsp3) is 0.778. The van der Waals surface area contributed by atoms with Crippen LogP contribution in [0.4, 0.5) is 0 Å². The summed E-state index contributed by atoms with van der Waals surface area (Å²) >= 11 is 3.34. The van der Waals surface area contributed by atoms with Gasteiger partial charge in [0.05, 0.1) is 0 Å². The average Bonchev–Trinajstić information content (AvgIpc) is 2.60. The first-order valence-corrected chi connectivity index (χ1v) is 5.63. The Morgan fingerprint density at radius 3 is 2.79 bits per heavy atom. The minimum atomic E-state index is -0.753. The molecular formula is C9H14BrN3O. The van der Waals surface area contributed by atoms with Crippen LogP contribution in [0.2, 0.25) is 0 Å². The van der Waals surface area contributed by atoms with E-state index < -0.39 is 5.60 Å². The normalized spacial score (nSPS) is 32.4. The van der Waals surface area contributed by atoms with Gasteiger partial charge in [0, 0.05) is 7.05 Å². The van der Waals surface area contributed by atoms with Crippen LogP contribution in [0.15, 0.2) is 4.60 Å². The number of aliphatic hydroxyl groups is 1. The van der Waals surface area contributed by atoms with E-state index in [2.05, 4.69) is 33.2 Å². The number of aromatic nitrogens is 3. The number of rotatable bonds is 1. The van der Waals surface area contributed by atoms with Crippen molar-refractivity contribution in [1.29, 1.82) is 0 Å². The van der Waals surface area contributed by atoms with Crippen LogP contribution in [-0.2, 0) is 12.6 Å². The number of hydrogen-bond acceptors (Lipinski definition) is 3. The van der Waals surface area contributed by atoms with Gasteiger partial charge in [0.15, 0.2) is 4.60 Å². The molecule has 1 aromatic heterocycles. The number of halogens is 1. The highest BCUT2D eigenvalue weighted by molar-refractivity contribution is 9.10. The summed E-state index contributed by atoms with van der Waals surface area (Å²) in [4.78, 5) is 0. The Labute approximate surface area is 91.4 Å². The Balaban J connectivity index is 2.47. The molecule has 2 rings (SSSR count). The lowest BCUT2D eigenvalue weighted by molar-refractivity contribution is -0.00389. The number of hydrogen-bond donors (Lipinski definition) is 1. The molecule has 1 aliphatic carbocycles. The molecule has 2 unspecified atom stereocenters. The number of aryl methyl sites for hydroxylation is 1. The number of nitrogens with zero attached hydrogens (tertiary/aromatic N) is 3. The van der Waals surface area contributed by atoms with Gasteiger partial charge in [-0.2, -0.15) is 0 Å². The van der Waals surface area contributed by atoms with Gasteiger partial charge in [-0.15, -0.1) is 5.10 Å². The second-order valence-corrected chi connectivity index (χ2v) is 4.82. The van der Waals surface area contributed by atoms with Crippen molar-refractivity contribution in [2.45, 2.75) is 31.8 Å². The summed E-state index contributed by atoms with van der Waals surface area (Å²) in [5.74, 6) is 0.274. The molecule has 0 bridgehead atoms. The van der Waals surface area contributed by atoms with E-state index in [1.54, 1.807) is 4.68 Å². The van der Waals surface area contributed by atoms with Crippen molar-refractivity contribution in [3.05, 3.63) is 10.3 Å². The van der Waals surface area contributed by atoms with E-state index >= 15 is 0 Å². The molecule has 0 aliphatic heterocycles. The van der Waals surface area contributed by atoms with Crippen LogP contribution in [0, 0.1) is 5.92 Å². The fourth-order valence-corrected chi connectivity index (χ4v) is 2.98. The van der Waals surface area contributed by atoms with E-state index in [9.17, 15) is 5.11 Å². The standard InChI is InChI=1S/C9H14BrN3O/c1-6-4-3-5-9(6,14)7-8(10)11-12-13(7)2/h6,14H,3-5H2,1-2H3. The lowest BCUT2D eigenvalue weighted by atomic mass is 9.89. The Bertz CT molecular complexity index is 332. The quantitative estimate of drug-likeness (QED) is 0.834. The van der Waals surface area contributed by atoms with Crippen LogP contribution in [0.3, 0.4) is 0 Å². The van der Waals surface area contributed by atoms with Gasteiger partial charge in [-0.25, -0.2) is 4.68 Å². The van der Waals surface area contributed by atoms with Gasteiger partial charge in [-0.05, 0) is 41.1 Å². The summed E-state index contributed by atoms with van der Waals surface area (Å²) in [5.41, 5.74) is 0.0550. The summed E-state index contributed by atoms with van der Waals surface area (Å²) in [6, 6.07) is 0. The topological polar surface area (TPSA) is 50.9 Å². The zero-order chi connectivity index (χ0) is 10.3. The Kier molecular flexibility index (Phi) is 2.39. The van der Waals surface area contributed by atoms with Crippen molar-refractivity contribution in [2.75, 3.05) is 0 Å². The summed E-state index contributed by atoms with van der Waals surface area (Å²) < 4.78 is 2.32. The first-order valence-electron chi connectivity index (χ1n) is 4.83. The van der Waals surface area contributed by atoms with Crippen LogP contribution in [-0.4, -0.2) is 20.1 Å². The molecule has 1 heterocycles. The van der Waals surface area contributed by atoms with Crippen molar-refractivity contribution in [2.24, 2.45) is 13.0 Å². The van der Waals surface area contributed by atoms with E-state index in [0.29, 0.717) is 4.60 Å². The molecule has 0 radical (unpaired) electrons. The van der Waals surface area contributed by atoms with Crippen LogP contribution >= 0.6 is 15.9 Å². The van der Waals surface area contributed by atoms with E-state index in [1.807, 2.05) is 7.05 Å². The minimum Gasteiger partial charge on any atom is -0.383 e. The molecule has 1 N–H and O–H groups in total. The van der Waals surface area contributed by atoms with Crippen LogP contribution < -0.4 is 0 Å². The second kappa shape index (κ2) is 3.31. The molecule has 14 heavy (non-hydrogen) atoms. The molecule has 1 aliphatic rings. The Morgan fingerprint density at radius 1 is 1.64 bits per heavy atom. The van der Waals surface area contributed by atoms with E-state index in [-0.39, 0.29) is 5.92 Å². The molecule has 2 atom stereocenters. The van der Waals surface area contributed by atoms with Gasteiger partial charge in [-0.3, -0.25) is 0 Å². The average molecular weight is 260 g/mol. The maximum Gasteiger partial charge on any atom is 0.154 e. The molecule has 1 saturated carbocycles. The van der Waals surface area contributed by atoms with Crippen molar-refractivity contribution in [1.82, 2.24) is 15.0 Å². The molecule has 78 valence electrons. The highest BCUT2D eigenvalue weighted by Gasteiger charge is 2.43. The smallest absolute Gasteiger partial charge is 0.154 e. The van der Waals surface area contributed by atoms with Gasteiger partial charge in [0.25, 0.3) is 0 Å². The Morgan fingerprint density at radius 2 is 2.36 bits per heavy atom. The first-order chi connectivity index (χ1) is 6.55. The first kappa shape index (κ1) is 10.1. The van der Waals surface area contributed by atoms with Gasteiger partial charge < -0.3 is 5.11 Å². The van der Waals surface area contributed by atoms with Crippen LogP contribution in [0.25, 0.3) is 0 Å². The SMILES string of the molecule is CC1CCCC1(O)c1c(Br)nnn1C. The highest BCUT2D eigenvalue weighted by atomic mass is 79.9. The van der Waals surface area contributed by atoms with Gasteiger partial charge in [0.1, 0.15) is 11.3 Å². The molecule has 4 nitrogen and oxygen atoms in total. The van der Waals surface area contributed by atoms with Crippen molar-refractivity contribution < 1.29 is 5.11 Å². The van der Waals surface area contributed by atoms with Crippen molar-refractivity contribution >= 4 is 15.9 Å². The van der Waals surface area contributed by atoms with E-state index in [1.165, 1.54) is 0 Å². The third-order valence-electron chi connectivity index (χ3n) is 3.21. The molecule has 0 amide bonds. The second-order valence-electron chi connectivity index (χ2n) is 4.07. The van der Waals surface area contributed by atoms with Gasteiger partial charge in [0.2, 0.25) is 0 Å². The van der Waals surface area contributed by atoms with Crippen LogP contribution in [0.1, 0.15) is 31.9 Å². The van der Waals surface area contributed by atoms with Crippen LogP contribution in [0.5, 0.6) is 0 Å². The van der Waals surface area contributed by atoms with Crippen molar-refractivity contribution in [3.63, 3.8) is 0 Å². The van der Waals surface area contributed by atoms with E-state index in [0.717, 1.165) is 25.0 Å². The largest absolute Gasteiger partial charge is 0.383 e. The van der Waals surface area contributed by atoms with E-state index in [4.69, 9.17) is 0 Å². The maximum atomic E-state index is 10.6. The molecular weight excluding hydrogens is 246 g/mol. The monoisotopic (exact) mass is 259 g/mol. The molecule has 1 fully saturated rings. The van der Waals surface area contributed by atoms with Gasteiger partial charge in [-0.1, -0.05) is 12.1 Å². The third-order valence-corrected chi connectivity index (χ3v) is 3.74. The zero-order valence-corrected chi connectivity index (χ0v) is 9.95. The summed E-state index contributed by atoms with van der Waals surface area (Å²) in [7, 11) is 1.82. The van der Waals surface area contributed by atoms with Gasteiger partial charge >= 0.3 is 0 Å². The summed E-state index contributed by atoms with van der Waals surface area (Å²) in [6.45, 7) is 2.08. The summed E-state index contributed by atoms with van der Waals surface area (Å²) in [6.07, 6.45) is 2.93. The third kappa shape index (κ3) is 1.30. The lowest BCUT2D eigenvalue weighted by Gasteiger charge is -2.27. The predicted octanol–water partition coefficient (Wildman–Crippen LogP) is 1.59. The Hall–Kier alpha value is -0.420. The highest BCUT2D eigenvalue weighted by Crippen LogP contribution is 2.44. The summed E-state index contributed by atoms with van der Waals surface area (Å²) in [5, 5.41) is 18.4. The zero-order valence-electron chi connectivity index (χ0n) is 8.37. The van der Waals surface area contributed by atoms with Crippen molar-refractivity contribution in [3.8, 4) is 0 Å². The fourth-order valence-electron chi connectivity index (χ4n) is 2.31. The minimum absolute atomic E-state index is 0.274. The maximum absolute atomic E-state index is 10.6. The lowest BCUT2D eigenvalue weighted by Crippen LogP contribution is -2.31. The molecule has 5 heteroatoms. The molecule has 1 aromatic rings.